The Morgan fingerprint density at radius 1 is 1.15 bits per heavy atom. The maximum absolute atomic E-state index is 5.68. The highest BCUT2D eigenvalue weighted by atomic mass is 16.5. The summed E-state index contributed by atoms with van der Waals surface area (Å²) in [6.45, 7) is 7.41. The van der Waals surface area contributed by atoms with Gasteiger partial charge in [-0.1, -0.05) is 26.2 Å². The lowest BCUT2D eigenvalue weighted by molar-refractivity contribution is 0.0427. The van der Waals surface area contributed by atoms with Crippen LogP contribution in [-0.2, 0) is 4.74 Å². The van der Waals surface area contributed by atoms with Crippen LogP contribution in [0.5, 0.6) is 0 Å². The molecule has 0 saturated heterocycles. The fraction of sp³-hybridized carbons (Fsp3) is 1.00. The van der Waals surface area contributed by atoms with E-state index in [1.54, 1.807) is 0 Å². The topological polar surface area (TPSA) is 21.3 Å². The van der Waals surface area contributed by atoms with E-state index in [1.807, 2.05) is 7.05 Å². The molecule has 0 rings (SSSR count). The molecule has 2 unspecified atom stereocenters. The van der Waals surface area contributed by atoms with E-state index in [0.29, 0.717) is 12.1 Å². The summed E-state index contributed by atoms with van der Waals surface area (Å²) in [5, 5.41) is 3.19. The molecule has 80 valence electrons. The molecule has 1 N–H and O–H groups in total. The second-order valence-electron chi connectivity index (χ2n) is 3.71. The molecule has 0 bridgehead atoms. The van der Waals surface area contributed by atoms with Crippen molar-refractivity contribution in [2.75, 3.05) is 13.7 Å². The third-order valence-corrected chi connectivity index (χ3v) is 2.54. The molecular weight excluding hydrogens is 162 g/mol. The summed E-state index contributed by atoms with van der Waals surface area (Å²) in [6.07, 6.45) is 5.46. The number of rotatable bonds is 8. The minimum atomic E-state index is 0.326. The van der Waals surface area contributed by atoms with Crippen molar-refractivity contribution in [1.29, 1.82) is 0 Å². The quantitative estimate of drug-likeness (QED) is 0.590. The number of likely N-dealkylation sites (N-methyl/N-ethyl adjacent to an activating group) is 1. The zero-order valence-corrected chi connectivity index (χ0v) is 9.60. The first-order valence-electron chi connectivity index (χ1n) is 5.51. The molecule has 2 nitrogen and oxygen atoms in total. The van der Waals surface area contributed by atoms with Crippen LogP contribution in [0.4, 0.5) is 0 Å². The van der Waals surface area contributed by atoms with Gasteiger partial charge < -0.3 is 10.1 Å². The Morgan fingerprint density at radius 2 is 1.85 bits per heavy atom. The number of hydrogen-bond donors (Lipinski definition) is 1. The van der Waals surface area contributed by atoms with E-state index in [2.05, 4.69) is 26.1 Å². The predicted molar refractivity (Wildman–Crippen MR) is 58.1 cm³/mol. The first-order chi connectivity index (χ1) is 6.22. The van der Waals surface area contributed by atoms with Crippen molar-refractivity contribution in [1.82, 2.24) is 5.32 Å². The Labute approximate surface area is 83.1 Å². The summed E-state index contributed by atoms with van der Waals surface area (Å²) < 4.78 is 5.68. The van der Waals surface area contributed by atoms with Gasteiger partial charge in [-0.2, -0.15) is 0 Å². The third-order valence-electron chi connectivity index (χ3n) is 2.54. The molecule has 0 aromatic carbocycles. The lowest BCUT2D eigenvalue weighted by Gasteiger charge is -2.19. The van der Waals surface area contributed by atoms with E-state index in [-0.39, 0.29) is 0 Å². The molecule has 0 aromatic heterocycles. The van der Waals surface area contributed by atoms with Crippen LogP contribution in [0.25, 0.3) is 0 Å². The monoisotopic (exact) mass is 187 g/mol. The normalized spacial score (nSPS) is 15.7. The minimum Gasteiger partial charge on any atom is -0.377 e. The molecule has 0 saturated carbocycles. The van der Waals surface area contributed by atoms with Gasteiger partial charge in [-0.05, 0) is 27.3 Å². The average Bonchev–Trinajstić information content (AvgIpc) is 2.16. The third kappa shape index (κ3) is 7.03. The van der Waals surface area contributed by atoms with Gasteiger partial charge in [0.15, 0.2) is 0 Å². The molecule has 13 heavy (non-hydrogen) atoms. The Balaban J connectivity index is 3.21. The first-order valence-corrected chi connectivity index (χ1v) is 5.51. The SMILES string of the molecule is CCCCCCOC(C)C(C)NC. The van der Waals surface area contributed by atoms with Crippen LogP contribution in [0.3, 0.4) is 0 Å². The molecule has 0 aliphatic heterocycles. The number of nitrogens with one attached hydrogen (secondary N) is 1. The van der Waals surface area contributed by atoms with Crippen molar-refractivity contribution < 1.29 is 4.74 Å². The van der Waals surface area contributed by atoms with Gasteiger partial charge in [0.05, 0.1) is 6.10 Å². The zero-order chi connectivity index (χ0) is 10.1. The van der Waals surface area contributed by atoms with E-state index in [0.717, 1.165) is 6.61 Å². The van der Waals surface area contributed by atoms with E-state index in [4.69, 9.17) is 4.74 Å². The highest BCUT2D eigenvalue weighted by Gasteiger charge is 2.08. The van der Waals surface area contributed by atoms with Crippen molar-refractivity contribution in [2.24, 2.45) is 0 Å². The fourth-order valence-electron chi connectivity index (χ4n) is 1.18. The van der Waals surface area contributed by atoms with Crippen LogP contribution in [0.15, 0.2) is 0 Å². The van der Waals surface area contributed by atoms with Crippen molar-refractivity contribution in [3.63, 3.8) is 0 Å². The second-order valence-corrected chi connectivity index (χ2v) is 3.71. The maximum Gasteiger partial charge on any atom is 0.0697 e. The average molecular weight is 187 g/mol. The Morgan fingerprint density at radius 3 is 2.38 bits per heavy atom. The maximum atomic E-state index is 5.68. The number of ether oxygens (including phenoxy) is 1. The van der Waals surface area contributed by atoms with Gasteiger partial charge in [-0.3, -0.25) is 0 Å². The van der Waals surface area contributed by atoms with Gasteiger partial charge in [0.2, 0.25) is 0 Å². The number of hydrogen-bond acceptors (Lipinski definition) is 2. The molecule has 0 radical (unpaired) electrons. The largest absolute Gasteiger partial charge is 0.377 e. The minimum absolute atomic E-state index is 0.326. The van der Waals surface area contributed by atoms with E-state index < -0.39 is 0 Å². The fourth-order valence-corrected chi connectivity index (χ4v) is 1.18. The molecule has 0 amide bonds. The molecule has 0 fully saturated rings. The van der Waals surface area contributed by atoms with Crippen LogP contribution in [0.1, 0.15) is 46.5 Å². The Bertz CT molecular complexity index is 106. The summed E-state index contributed by atoms with van der Waals surface area (Å²) in [6, 6.07) is 0.450. The standard InChI is InChI=1S/C11H25NO/c1-5-6-7-8-9-13-11(3)10(2)12-4/h10-12H,5-9H2,1-4H3. The van der Waals surface area contributed by atoms with Gasteiger partial charge in [-0.15, -0.1) is 0 Å². The van der Waals surface area contributed by atoms with Crippen molar-refractivity contribution in [3.05, 3.63) is 0 Å². The lowest BCUT2D eigenvalue weighted by atomic mass is 10.2. The predicted octanol–water partition coefficient (Wildman–Crippen LogP) is 2.58. The van der Waals surface area contributed by atoms with Gasteiger partial charge in [0.25, 0.3) is 0 Å². The molecular formula is C11H25NO. The van der Waals surface area contributed by atoms with Gasteiger partial charge in [0, 0.05) is 12.6 Å². The molecule has 0 heterocycles. The summed E-state index contributed by atoms with van der Waals surface area (Å²) in [7, 11) is 1.97. The first kappa shape index (κ1) is 12.9. The van der Waals surface area contributed by atoms with Gasteiger partial charge in [0.1, 0.15) is 0 Å². The van der Waals surface area contributed by atoms with E-state index >= 15 is 0 Å². The van der Waals surface area contributed by atoms with Crippen LogP contribution < -0.4 is 5.32 Å². The smallest absolute Gasteiger partial charge is 0.0697 e. The van der Waals surface area contributed by atoms with E-state index in [9.17, 15) is 0 Å². The van der Waals surface area contributed by atoms with Crippen LogP contribution in [0, 0.1) is 0 Å². The summed E-state index contributed by atoms with van der Waals surface area (Å²) >= 11 is 0. The molecule has 0 aliphatic rings. The molecule has 2 atom stereocenters. The second kappa shape index (κ2) is 8.52. The van der Waals surface area contributed by atoms with Crippen LogP contribution in [0.2, 0.25) is 0 Å². The lowest BCUT2D eigenvalue weighted by Crippen LogP contribution is -2.34. The molecule has 0 aromatic rings. The molecule has 2 heteroatoms. The van der Waals surface area contributed by atoms with Gasteiger partial charge >= 0.3 is 0 Å². The Kier molecular flexibility index (Phi) is 8.46. The van der Waals surface area contributed by atoms with Crippen molar-refractivity contribution >= 4 is 0 Å². The summed E-state index contributed by atoms with van der Waals surface area (Å²) in [5.74, 6) is 0. The van der Waals surface area contributed by atoms with Crippen molar-refractivity contribution in [2.45, 2.75) is 58.6 Å². The molecule has 0 aliphatic carbocycles. The highest BCUT2D eigenvalue weighted by Crippen LogP contribution is 2.02. The highest BCUT2D eigenvalue weighted by molar-refractivity contribution is 4.65. The Hall–Kier alpha value is -0.0800. The zero-order valence-electron chi connectivity index (χ0n) is 9.60. The molecule has 0 spiro atoms. The summed E-state index contributed by atoms with van der Waals surface area (Å²) in [4.78, 5) is 0. The van der Waals surface area contributed by atoms with Crippen LogP contribution >= 0.6 is 0 Å². The van der Waals surface area contributed by atoms with Crippen LogP contribution in [-0.4, -0.2) is 25.8 Å². The number of unbranched alkanes of at least 4 members (excludes halogenated alkanes) is 3. The van der Waals surface area contributed by atoms with Crippen molar-refractivity contribution in [3.8, 4) is 0 Å². The van der Waals surface area contributed by atoms with Gasteiger partial charge in [-0.25, -0.2) is 0 Å². The van der Waals surface area contributed by atoms with E-state index in [1.165, 1.54) is 25.7 Å². The summed E-state index contributed by atoms with van der Waals surface area (Å²) in [5.41, 5.74) is 0.